The fourth-order valence-electron chi connectivity index (χ4n) is 1.79. The van der Waals surface area contributed by atoms with Crippen molar-refractivity contribution in [1.29, 1.82) is 0 Å². The van der Waals surface area contributed by atoms with Crippen molar-refractivity contribution in [2.45, 2.75) is 13.8 Å². The Kier molecular flexibility index (Phi) is 4.26. The highest BCUT2D eigenvalue weighted by molar-refractivity contribution is 5.48. The van der Waals surface area contributed by atoms with Gasteiger partial charge in [-0.2, -0.15) is 0 Å². The highest BCUT2D eigenvalue weighted by Crippen LogP contribution is 2.12. The van der Waals surface area contributed by atoms with E-state index in [0.717, 1.165) is 12.1 Å². The molecular weight excluding hydrogens is 230 g/mol. The molecular formula is C18H19N. The van der Waals surface area contributed by atoms with Crippen molar-refractivity contribution in [2.24, 2.45) is 0 Å². The van der Waals surface area contributed by atoms with E-state index in [2.05, 4.69) is 86.2 Å². The number of hydrogen-bond acceptors (Lipinski definition) is 1. The number of nitrogens with zero attached hydrogens (tertiary/aromatic N) is 1. The third-order valence-electron chi connectivity index (χ3n) is 3.08. The molecule has 96 valence electrons. The predicted octanol–water partition coefficient (Wildman–Crippen LogP) is 3.79. The van der Waals surface area contributed by atoms with E-state index in [1.807, 2.05) is 0 Å². The number of hydrogen-bond donors (Lipinski definition) is 0. The number of aryl methyl sites for hydroxylation is 2. The van der Waals surface area contributed by atoms with Gasteiger partial charge in [0.25, 0.3) is 0 Å². The maximum Gasteiger partial charge on any atom is 0.0794 e. The maximum atomic E-state index is 3.21. The van der Waals surface area contributed by atoms with Crippen molar-refractivity contribution in [3.05, 3.63) is 65.2 Å². The van der Waals surface area contributed by atoms with Crippen LogP contribution < -0.4 is 4.90 Å². The van der Waals surface area contributed by atoms with Crippen LogP contribution in [0, 0.1) is 25.7 Å². The number of rotatable bonds is 2. The van der Waals surface area contributed by atoms with Crippen molar-refractivity contribution in [3.8, 4) is 11.8 Å². The summed E-state index contributed by atoms with van der Waals surface area (Å²) in [7, 11) is 2.06. The molecule has 0 aromatic heterocycles. The third-order valence-corrected chi connectivity index (χ3v) is 3.08. The Bertz CT molecular complexity index is 582. The van der Waals surface area contributed by atoms with Crippen LogP contribution in [-0.4, -0.2) is 13.6 Å². The monoisotopic (exact) mass is 249 g/mol. The highest BCUT2D eigenvalue weighted by Gasteiger charge is 1.97. The van der Waals surface area contributed by atoms with E-state index >= 15 is 0 Å². The lowest BCUT2D eigenvalue weighted by molar-refractivity contribution is 1.05. The van der Waals surface area contributed by atoms with Crippen molar-refractivity contribution in [2.75, 3.05) is 18.5 Å². The molecule has 1 nitrogen and oxygen atoms in total. The molecule has 0 aliphatic carbocycles. The molecule has 0 bridgehead atoms. The summed E-state index contributed by atoms with van der Waals surface area (Å²) < 4.78 is 0. The van der Waals surface area contributed by atoms with Crippen molar-refractivity contribution >= 4 is 5.69 Å². The van der Waals surface area contributed by atoms with Crippen LogP contribution in [0.15, 0.2) is 48.5 Å². The molecule has 0 spiro atoms. The van der Waals surface area contributed by atoms with Crippen LogP contribution in [0.4, 0.5) is 5.69 Å². The third kappa shape index (κ3) is 3.89. The zero-order chi connectivity index (χ0) is 13.7. The Labute approximate surface area is 115 Å². The first-order chi connectivity index (χ1) is 9.15. The first kappa shape index (κ1) is 13.2. The van der Waals surface area contributed by atoms with E-state index in [9.17, 15) is 0 Å². The second-order valence-electron chi connectivity index (χ2n) is 4.86. The van der Waals surface area contributed by atoms with Crippen LogP contribution in [0.2, 0.25) is 0 Å². The molecule has 0 fully saturated rings. The largest absolute Gasteiger partial charge is 0.363 e. The van der Waals surface area contributed by atoms with E-state index in [1.165, 1.54) is 16.8 Å². The fourth-order valence-corrected chi connectivity index (χ4v) is 1.79. The molecule has 0 amide bonds. The standard InChI is InChI=1S/C18H19N/c1-15-6-10-17(11-7-15)5-4-14-19(3)18-12-8-16(2)9-13-18/h6-13H,14H2,1-3H3. The zero-order valence-electron chi connectivity index (χ0n) is 11.8. The molecule has 19 heavy (non-hydrogen) atoms. The summed E-state index contributed by atoms with van der Waals surface area (Å²) in [6, 6.07) is 16.8. The van der Waals surface area contributed by atoms with Crippen LogP contribution in [0.25, 0.3) is 0 Å². The number of benzene rings is 2. The normalized spacial score (nSPS) is 9.63. The van der Waals surface area contributed by atoms with E-state index < -0.39 is 0 Å². The Morgan fingerprint density at radius 2 is 1.37 bits per heavy atom. The van der Waals surface area contributed by atoms with Crippen molar-refractivity contribution in [1.82, 2.24) is 0 Å². The molecule has 0 heterocycles. The molecule has 2 rings (SSSR count). The van der Waals surface area contributed by atoms with Crippen LogP contribution in [0.5, 0.6) is 0 Å². The minimum absolute atomic E-state index is 0.733. The first-order valence-corrected chi connectivity index (χ1v) is 6.48. The van der Waals surface area contributed by atoms with Gasteiger partial charge in [-0.1, -0.05) is 47.2 Å². The van der Waals surface area contributed by atoms with Gasteiger partial charge in [-0.15, -0.1) is 0 Å². The Balaban J connectivity index is 1.99. The summed E-state index contributed by atoms with van der Waals surface area (Å²) in [5.41, 5.74) is 4.82. The van der Waals surface area contributed by atoms with Gasteiger partial charge in [-0.3, -0.25) is 0 Å². The number of anilines is 1. The Morgan fingerprint density at radius 3 is 1.95 bits per heavy atom. The Hall–Kier alpha value is -2.20. The average Bonchev–Trinajstić information content (AvgIpc) is 2.41. The molecule has 0 saturated heterocycles. The van der Waals surface area contributed by atoms with E-state index in [0.29, 0.717) is 0 Å². The second-order valence-corrected chi connectivity index (χ2v) is 4.86. The van der Waals surface area contributed by atoms with Crippen LogP contribution in [-0.2, 0) is 0 Å². The lowest BCUT2D eigenvalue weighted by Gasteiger charge is -2.15. The fraction of sp³-hybridized carbons (Fsp3) is 0.222. The predicted molar refractivity (Wildman–Crippen MR) is 82.5 cm³/mol. The van der Waals surface area contributed by atoms with Crippen molar-refractivity contribution < 1.29 is 0 Å². The van der Waals surface area contributed by atoms with Crippen molar-refractivity contribution in [3.63, 3.8) is 0 Å². The summed E-state index contributed by atoms with van der Waals surface area (Å²) in [5, 5.41) is 0. The van der Waals surface area contributed by atoms with Crippen LogP contribution in [0.3, 0.4) is 0 Å². The molecule has 1 heteroatoms. The van der Waals surface area contributed by atoms with E-state index in [4.69, 9.17) is 0 Å². The molecule has 0 saturated carbocycles. The minimum atomic E-state index is 0.733. The van der Waals surface area contributed by atoms with Crippen LogP contribution in [0.1, 0.15) is 16.7 Å². The summed E-state index contributed by atoms with van der Waals surface area (Å²) in [5.74, 6) is 6.40. The molecule has 0 atom stereocenters. The van der Waals surface area contributed by atoms with Gasteiger partial charge in [0.1, 0.15) is 0 Å². The lowest BCUT2D eigenvalue weighted by atomic mass is 10.1. The average molecular weight is 249 g/mol. The highest BCUT2D eigenvalue weighted by atomic mass is 15.1. The smallest absolute Gasteiger partial charge is 0.0794 e. The molecule has 0 aliphatic rings. The van der Waals surface area contributed by atoms with Gasteiger partial charge in [0.05, 0.1) is 6.54 Å². The molecule has 0 unspecified atom stereocenters. The zero-order valence-corrected chi connectivity index (χ0v) is 11.8. The van der Waals surface area contributed by atoms with E-state index in [1.54, 1.807) is 0 Å². The topological polar surface area (TPSA) is 3.24 Å². The summed E-state index contributed by atoms with van der Waals surface area (Å²) in [6.07, 6.45) is 0. The van der Waals surface area contributed by atoms with Gasteiger partial charge in [0, 0.05) is 18.3 Å². The minimum Gasteiger partial charge on any atom is -0.363 e. The SMILES string of the molecule is Cc1ccc(C#CCN(C)c2ccc(C)cc2)cc1. The van der Waals surface area contributed by atoms with Gasteiger partial charge in [-0.05, 0) is 38.1 Å². The van der Waals surface area contributed by atoms with E-state index in [-0.39, 0.29) is 0 Å². The van der Waals surface area contributed by atoms with Gasteiger partial charge < -0.3 is 4.90 Å². The Morgan fingerprint density at radius 1 is 0.842 bits per heavy atom. The molecule has 2 aromatic carbocycles. The van der Waals surface area contributed by atoms with Gasteiger partial charge in [-0.25, -0.2) is 0 Å². The second kappa shape index (κ2) is 6.11. The van der Waals surface area contributed by atoms with Gasteiger partial charge >= 0.3 is 0 Å². The maximum absolute atomic E-state index is 3.21. The summed E-state index contributed by atoms with van der Waals surface area (Å²) in [6.45, 7) is 4.92. The lowest BCUT2D eigenvalue weighted by Crippen LogP contribution is -2.16. The molecule has 0 N–H and O–H groups in total. The summed E-state index contributed by atoms with van der Waals surface area (Å²) in [4.78, 5) is 2.15. The molecule has 0 radical (unpaired) electrons. The molecule has 0 aliphatic heterocycles. The molecule has 2 aromatic rings. The quantitative estimate of drug-likeness (QED) is 0.732. The van der Waals surface area contributed by atoms with Gasteiger partial charge in [0.2, 0.25) is 0 Å². The van der Waals surface area contributed by atoms with Gasteiger partial charge in [0.15, 0.2) is 0 Å². The van der Waals surface area contributed by atoms with Crippen LogP contribution >= 0.6 is 0 Å². The summed E-state index contributed by atoms with van der Waals surface area (Å²) >= 11 is 0. The first-order valence-electron chi connectivity index (χ1n) is 6.48.